The fourth-order valence-electron chi connectivity index (χ4n) is 1.15. The van der Waals surface area contributed by atoms with Crippen LogP contribution in [0.2, 0.25) is 0 Å². The molecule has 0 saturated carbocycles. The lowest BCUT2D eigenvalue weighted by atomic mass is 10.5. The minimum absolute atomic E-state index is 0.132. The molecule has 0 heterocycles. The molecule has 3 nitrogen and oxygen atoms in total. The van der Waals surface area contributed by atoms with Gasteiger partial charge in [0.15, 0.2) is 0 Å². The normalized spacial score (nSPS) is 14.2. The summed E-state index contributed by atoms with van der Waals surface area (Å²) in [5.41, 5.74) is -0.132. The monoisotopic (exact) mass is 268 g/mol. The van der Waals surface area contributed by atoms with Gasteiger partial charge in [0, 0.05) is 16.8 Å². The molecule has 0 aliphatic carbocycles. The lowest BCUT2D eigenvalue weighted by molar-refractivity contribution is -0.218. The fourth-order valence-corrected chi connectivity index (χ4v) is 1.94. The molecule has 0 aromatic heterocycles. The lowest BCUT2D eigenvalue weighted by Gasteiger charge is -2.32. The third-order valence-electron chi connectivity index (χ3n) is 2.06. The summed E-state index contributed by atoms with van der Waals surface area (Å²) < 4.78 is 16.8. The molecule has 0 bridgehead atoms. The second kappa shape index (κ2) is 9.42. The summed E-state index contributed by atoms with van der Waals surface area (Å²) in [6, 6.07) is 0. The highest BCUT2D eigenvalue weighted by Crippen LogP contribution is 2.25. The third kappa shape index (κ3) is 6.20. The zero-order chi connectivity index (χ0) is 12.4. The predicted molar refractivity (Wildman–Crippen MR) is 71.0 cm³/mol. The Kier molecular flexibility index (Phi) is 9.65. The summed E-state index contributed by atoms with van der Waals surface area (Å²) in [5.74, 6) is 0. The zero-order valence-corrected chi connectivity index (χ0v) is 13.7. The van der Waals surface area contributed by atoms with Crippen molar-refractivity contribution < 1.29 is 14.2 Å². The Labute approximate surface area is 107 Å². The Morgan fingerprint density at radius 2 is 1.44 bits per heavy atom. The maximum Gasteiger partial charge on any atom is 0.271 e. The highest BCUT2D eigenvalue weighted by Gasteiger charge is 2.36. The fraction of sp³-hybridized carbons (Fsp3) is 1.00. The summed E-state index contributed by atoms with van der Waals surface area (Å²) in [6.07, 6.45) is 2.82. The van der Waals surface area contributed by atoms with Crippen molar-refractivity contribution in [3.63, 3.8) is 0 Å². The summed E-state index contributed by atoms with van der Waals surface area (Å²) in [6.45, 7) is 8.07. The number of rotatable bonds is 10. The molecule has 0 spiro atoms. The van der Waals surface area contributed by atoms with E-state index < -0.39 is 5.25 Å². The van der Waals surface area contributed by atoms with Gasteiger partial charge in [-0.25, -0.2) is 0 Å². The number of ether oxygens (including phenoxy) is 3. The van der Waals surface area contributed by atoms with Gasteiger partial charge in [-0.2, -0.15) is 0 Å². The molecule has 16 heavy (non-hydrogen) atoms. The van der Waals surface area contributed by atoms with Crippen LogP contribution in [0.1, 0.15) is 40.0 Å². The van der Waals surface area contributed by atoms with Crippen molar-refractivity contribution in [2.75, 3.05) is 19.8 Å². The van der Waals surface area contributed by atoms with Gasteiger partial charge in [-0.3, -0.25) is 0 Å². The van der Waals surface area contributed by atoms with E-state index in [1.54, 1.807) is 0 Å². The van der Waals surface area contributed by atoms with Crippen molar-refractivity contribution in [3.8, 4) is 0 Å². The van der Waals surface area contributed by atoms with Crippen LogP contribution in [0, 0.1) is 0 Å². The molecule has 0 amide bonds. The van der Waals surface area contributed by atoms with Crippen LogP contribution in [0.4, 0.5) is 0 Å². The Hall–Kier alpha value is 0.387. The average molecular weight is 269 g/mol. The zero-order valence-electron chi connectivity index (χ0n) is 10.9. The van der Waals surface area contributed by atoms with Crippen LogP contribution in [0.3, 0.4) is 0 Å². The molecular formula is C11H25ClO3Si. The van der Waals surface area contributed by atoms with E-state index in [2.05, 4.69) is 6.92 Å². The molecule has 5 heteroatoms. The first-order valence-corrected chi connectivity index (χ1v) is 7.72. The van der Waals surface area contributed by atoms with Crippen LogP contribution in [0.5, 0.6) is 0 Å². The lowest BCUT2D eigenvalue weighted by Crippen LogP contribution is -2.45. The van der Waals surface area contributed by atoms with Crippen molar-refractivity contribution >= 4 is 21.8 Å². The molecule has 1 unspecified atom stereocenters. The van der Waals surface area contributed by atoms with E-state index in [9.17, 15) is 0 Å². The molecule has 0 rings (SSSR count). The number of hydrogen-bond acceptors (Lipinski definition) is 3. The molecule has 0 radical (unpaired) electrons. The van der Waals surface area contributed by atoms with Crippen LogP contribution in [-0.4, -0.2) is 41.0 Å². The van der Waals surface area contributed by atoms with Crippen LogP contribution in [0.15, 0.2) is 0 Å². The predicted octanol–water partition coefficient (Wildman–Crippen LogP) is 1.85. The summed E-state index contributed by atoms with van der Waals surface area (Å²) in [7, 11) is 0.790. The van der Waals surface area contributed by atoms with Gasteiger partial charge in [0.1, 0.15) is 5.73 Å². The molecule has 98 valence electrons. The Balaban J connectivity index is 4.24. The molecule has 0 N–H and O–H groups in total. The maximum atomic E-state index is 6.35. The minimum atomic E-state index is -1.08. The number of halogens is 1. The highest BCUT2D eigenvalue weighted by molar-refractivity contribution is 6.27. The largest absolute Gasteiger partial charge is 0.376 e. The Morgan fingerprint density at radius 3 is 1.81 bits per heavy atom. The number of hydrogen-bond donors (Lipinski definition) is 0. The first-order valence-electron chi connectivity index (χ1n) is 6.19. The topological polar surface area (TPSA) is 27.7 Å². The van der Waals surface area contributed by atoms with Gasteiger partial charge in [-0.05, 0) is 19.3 Å². The van der Waals surface area contributed by atoms with Crippen LogP contribution in [0.25, 0.3) is 0 Å². The summed E-state index contributed by atoms with van der Waals surface area (Å²) in [4.78, 5) is 0. The quantitative estimate of drug-likeness (QED) is 0.344. The molecule has 0 aliphatic heterocycles. The molecular weight excluding hydrogens is 244 g/mol. The van der Waals surface area contributed by atoms with E-state index >= 15 is 0 Å². The molecule has 0 fully saturated rings. The average Bonchev–Trinajstić information content (AvgIpc) is 2.30. The molecule has 1 atom stereocenters. The van der Waals surface area contributed by atoms with Gasteiger partial charge >= 0.3 is 0 Å². The van der Waals surface area contributed by atoms with E-state index in [1.165, 1.54) is 0 Å². The minimum Gasteiger partial charge on any atom is -0.376 e. The Bertz CT molecular complexity index is 161. The van der Waals surface area contributed by atoms with Gasteiger partial charge in [0.2, 0.25) is 0 Å². The standard InChI is InChI=1S/C11H25ClO3Si/c1-4-7-13-10(16)11(12,14-8-5-2)15-9-6-3/h10H,4-9H2,1-3,16H3. The number of alkyl halides is 1. The van der Waals surface area contributed by atoms with Crippen molar-refractivity contribution in [3.05, 3.63) is 0 Å². The first kappa shape index (κ1) is 16.4. The Morgan fingerprint density at radius 1 is 1.00 bits per heavy atom. The van der Waals surface area contributed by atoms with Gasteiger partial charge in [-0.15, -0.1) is 0 Å². The van der Waals surface area contributed by atoms with Gasteiger partial charge in [0.05, 0.1) is 13.2 Å². The molecule has 0 saturated heterocycles. The van der Waals surface area contributed by atoms with Crippen molar-refractivity contribution in [1.29, 1.82) is 0 Å². The van der Waals surface area contributed by atoms with E-state index in [4.69, 9.17) is 25.8 Å². The smallest absolute Gasteiger partial charge is 0.271 e. The van der Waals surface area contributed by atoms with Crippen molar-refractivity contribution in [2.24, 2.45) is 0 Å². The van der Waals surface area contributed by atoms with Gasteiger partial charge < -0.3 is 14.2 Å². The summed E-state index contributed by atoms with van der Waals surface area (Å²) in [5, 5.41) is -1.08. The van der Waals surface area contributed by atoms with Crippen LogP contribution < -0.4 is 0 Å². The second-order valence-corrected chi connectivity index (χ2v) is 5.37. The third-order valence-corrected chi connectivity index (χ3v) is 4.05. The summed E-state index contributed by atoms with van der Waals surface area (Å²) >= 11 is 6.35. The van der Waals surface area contributed by atoms with E-state index in [0.29, 0.717) is 19.8 Å². The maximum absolute atomic E-state index is 6.35. The second-order valence-electron chi connectivity index (χ2n) is 3.79. The van der Waals surface area contributed by atoms with Crippen LogP contribution >= 0.6 is 11.6 Å². The van der Waals surface area contributed by atoms with E-state index in [0.717, 1.165) is 29.5 Å². The van der Waals surface area contributed by atoms with Crippen molar-refractivity contribution in [2.45, 2.75) is 51.0 Å². The van der Waals surface area contributed by atoms with Crippen molar-refractivity contribution in [1.82, 2.24) is 0 Å². The SMILES string of the molecule is CCCOC([SiH3])C(Cl)(OCCC)OCCC. The van der Waals surface area contributed by atoms with Crippen LogP contribution in [-0.2, 0) is 14.2 Å². The molecule has 0 aliphatic rings. The van der Waals surface area contributed by atoms with E-state index in [-0.39, 0.29) is 5.73 Å². The highest BCUT2D eigenvalue weighted by atomic mass is 35.5. The molecule has 0 aromatic carbocycles. The first-order chi connectivity index (χ1) is 7.60. The van der Waals surface area contributed by atoms with E-state index in [1.807, 2.05) is 13.8 Å². The van der Waals surface area contributed by atoms with Gasteiger partial charge in [0.25, 0.3) is 5.25 Å². The van der Waals surface area contributed by atoms with Gasteiger partial charge in [-0.1, -0.05) is 32.4 Å². The molecule has 0 aromatic rings.